The quantitative estimate of drug-likeness (QED) is 0.827. The van der Waals surface area contributed by atoms with Crippen molar-refractivity contribution in [3.8, 4) is 11.5 Å². The Morgan fingerprint density at radius 3 is 2.35 bits per heavy atom. The first-order valence-electron chi connectivity index (χ1n) is 6.97. The van der Waals surface area contributed by atoms with Crippen LogP contribution >= 0.6 is 0 Å². The first-order chi connectivity index (χ1) is 10.8. The van der Waals surface area contributed by atoms with Crippen molar-refractivity contribution >= 4 is 22.7 Å². The average Bonchev–Trinajstić information content (AvgIpc) is 2.76. The maximum Gasteiger partial charge on any atom is 0.306 e. The molecule has 0 fully saturated rings. The van der Waals surface area contributed by atoms with Crippen molar-refractivity contribution in [3.05, 3.63) is 23.6 Å². The van der Waals surface area contributed by atoms with Crippen LogP contribution < -0.4 is 9.47 Å². The van der Waals surface area contributed by atoms with Crippen LogP contribution in [0, 0.1) is 11.7 Å². The van der Waals surface area contributed by atoms with Gasteiger partial charge < -0.3 is 19.1 Å². The van der Waals surface area contributed by atoms with E-state index < -0.39 is 23.5 Å². The van der Waals surface area contributed by atoms with Gasteiger partial charge in [0.1, 0.15) is 5.69 Å². The number of methoxy groups -OCH3 is 2. The lowest BCUT2D eigenvalue weighted by Gasteiger charge is -2.08. The number of aromatic nitrogens is 1. The summed E-state index contributed by atoms with van der Waals surface area (Å²) in [6.45, 7) is 1.41. The van der Waals surface area contributed by atoms with E-state index in [0.29, 0.717) is 17.0 Å². The lowest BCUT2D eigenvalue weighted by Crippen LogP contribution is -2.17. The Morgan fingerprint density at radius 2 is 1.83 bits per heavy atom. The number of hydrogen-bond acceptors (Lipinski definition) is 4. The number of aryl methyl sites for hydroxylation is 1. The Hall–Kier alpha value is -2.57. The molecule has 0 radical (unpaired) electrons. The van der Waals surface area contributed by atoms with Crippen LogP contribution in [-0.4, -0.2) is 35.6 Å². The van der Waals surface area contributed by atoms with E-state index in [4.69, 9.17) is 14.6 Å². The molecular formula is C16H18FNO5. The monoisotopic (exact) mass is 323 g/mol. The van der Waals surface area contributed by atoms with Crippen molar-refractivity contribution in [1.82, 2.24) is 4.57 Å². The van der Waals surface area contributed by atoms with Crippen LogP contribution in [0.2, 0.25) is 0 Å². The van der Waals surface area contributed by atoms with Crippen molar-refractivity contribution in [1.29, 1.82) is 0 Å². The fourth-order valence-electron chi connectivity index (χ4n) is 2.49. The number of Topliss-reactive ketones (excluding diaryl/α,β-unsaturated/α-hetero) is 1. The number of carbonyl (C=O) groups excluding carboxylic acids is 1. The van der Waals surface area contributed by atoms with Crippen LogP contribution in [0.5, 0.6) is 11.5 Å². The number of ether oxygens (including phenoxy) is 2. The standard InChI is InChI=1S/C16H18FNO5/c1-8(16(20)21)5-11(19)15-14(17)9-6-12(22-3)13(23-4)7-10(9)18(15)2/h6-8H,5H2,1-4H3,(H,20,21). The van der Waals surface area contributed by atoms with E-state index in [1.807, 2.05) is 0 Å². The fraction of sp³-hybridized carbons (Fsp3) is 0.375. The highest BCUT2D eigenvalue weighted by molar-refractivity contribution is 6.02. The number of carboxylic acids is 1. The highest BCUT2D eigenvalue weighted by Crippen LogP contribution is 2.35. The van der Waals surface area contributed by atoms with Gasteiger partial charge in [-0.25, -0.2) is 4.39 Å². The van der Waals surface area contributed by atoms with E-state index in [0.717, 1.165) is 0 Å². The minimum absolute atomic E-state index is 0.150. The molecule has 23 heavy (non-hydrogen) atoms. The number of rotatable bonds is 6. The first-order valence-corrected chi connectivity index (χ1v) is 6.97. The number of hydrogen-bond donors (Lipinski definition) is 1. The summed E-state index contributed by atoms with van der Waals surface area (Å²) in [5, 5.41) is 9.13. The summed E-state index contributed by atoms with van der Waals surface area (Å²) in [4.78, 5) is 23.2. The molecule has 0 saturated heterocycles. The lowest BCUT2D eigenvalue weighted by molar-refractivity contribution is -0.141. The zero-order valence-corrected chi connectivity index (χ0v) is 13.3. The molecule has 2 aromatic rings. The Kier molecular flexibility index (Phi) is 4.58. The fourth-order valence-corrected chi connectivity index (χ4v) is 2.49. The largest absolute Gasteiger partial charge is 0.493 e. The van der Waals surface area contributed by atoms with Gasteiger partial charge >= 0.3 is 5.97 Å². The number of benzene rings is 1. The summed E-state index contributed by atoms with van der Waals surface area (Å²) in [7, 11) is 4.45. The topological polar surface area (TPSA) is 77.8 Å². The third-order valence-corrected chi connectivity index (χ3v) is 3.82. The molecule has 1 aromatic heterocycles. The van der Waals surface area contributed by atoms with Gasteiger partial charge in [-0.05, 0) is 6.07 Å². The number of fused-ring (bicyclic) bond motifs is 1. The molecule has 0 saturated carbocycles. The van der Waals surface area contributed by atoms with Crippen LogP contribution in [0.25, 0.3) is 10.9 Å². The molecular weight excluding hydrogens is 305 g/mol. The van der Waals surface area contributed by atoms with E-state index >= 15 is 0 Å². The Labute approximate surface area is 132 Å². The average molecular weight is 323 g/mol. The molecule has 2 rings (SSSR count). The predicted molar refractivity (Wildman–Crippen MR) is 81.7 cm³/mol. The molecule has 0 bridgehead atoms. The molecule has 1 atom stereocenters. The van der Waals surface area contributed by atoms with Crippen molar-refractivity contribution in [2.75, 3.05) is 14.2 Å². The molecule has 1 aromatic carbocycles. The molecule has 0 aliphatic carbocycles. The second-order valence-corrected chi connectivity index (χ2v) is 5.31. The third-order valence-electron chi connectivity index (χ3n) is 3.82. The van der Waals surface area contributed by atoms with Crippen LogP contribution in [0.15, 0.2) is 12.1 Å². The molecule has 0 aliphatic heterocycles. The molecule has 0 spiro atoms. The van der Waals surface area contributed by atoms with E-state index in [2.05, 4.69) is 0 Å². The van der Waals surface area contributed by atoms with Crippen LogP contribution in [0.3, 0.4) is 0 Å². The van der Waals surface area contributed by atoms with Gasteiger partial charge in [-0.15, -0.1) is 0 Å². The summed E-state index contributed by atoms with van der Waals surface area (Å²) in [5.41, 5.74) is 0.315. The molecule has 0 amide bonds. The number of carboxylic acid groups (broad SMARTS) is 1. The second-order valence-electron chi connectivity index (χ2n) is 5.31. The smallest absolute Gasteiger partial charge is 0.306 e. The van der Waals surface area contributed by atoms with Gasteiger partial charge in [0.15, 0.2) is 23.1 Å². The van der Waals surface area contributed by atoms with Crippen molar-refractivity contribution in [2.45, 2.75) is 13.3 Å². The number of carbonyl (C=O) groups is 2. The third kappa shape index (κ3) is 2.86. The van der Waals surface area contributed by atoms with E-state index in [9.17, 15) is 14.0 Å². The first kappa shape index (κ1) is 16.8. The predicted octanol–water partition coefficient (Wildman–Crippen LogP) is 2.63. The van der Waals surface area contributed by atoms with Gasteiger partial charge in [-0.1, -0.05) is 6.92 Å². The highest BCUT2D eigenvalue weighted by Gasteiger charge is 2.26. The van der Waals surface area contributed by atoms with Gasteiger partial charge in [0.25, 0.3) is 0 Å². The van der Waals surface area contributed by atoms with Gasteiger partial charge in [-0.3, -0.25) is 9.59 Å². The van der Waals surface area contributed by atoms with Crippen molar-refractivity contribution in [2.24, 2.45) is 13.0 Å². The summed E-state index contributed by atoms with van der Waals surface area (Å²) in [6.07, 6.45) is -0.273. The Bertz CT molecular complexity index is 734. The maximum atomic E-state index is 14.7. The van der Waals surface area contributed by atoms with Crippen LogP contribution in [-0.2, 0) is 11.8 Å². The molecule has 1 heterocycles. The number of halogens is 1. The minimum atomic E-state index is -1.10. The molecule has 7 heteroatoms. The molecule has 0 aliphatic rings. The van der Waals surface area contributed by atoms with Gasteiger partial charge in [0, 0.05) is 24.9 Å². The maximum absolute atomic E-state index is 14.7. The van der Waals surface area contributed by atoms with E-state index in [-0.39, 0.29) is 17.5 Å². The SMILES string of the molecule is COc1cc2c(F)c(C(=O)CC(C)C(=O)O)n(C)c2cc1OC. The Morgan fingerprint density at radius 1 is 1.26 bits per heavy atom. The summed E-state index contributed by atoms with van der Waals surface area (Å²) in [5.74, 6) is -2.47. The van der Waals surface area contributed by atoms with E-state index in [1.54, 1.807) is 13.1 Å². The molecule has 1 unspecified atom stereocenters. The molecule has 1 N–H and O–H groups in total. The van der Waals surface area contributed by atoms with Gasteiger partial charge in [0.2, 0.25) is 0 Å². The Balaban J connectivity index is 2.57. The highest BCUT2D eigenvalue weighted by atomic mass is 19.1. The van der Waals surface area contributed by atoms with Crippen molar-refractivity contribution in [3.63, 3.8) is 0 Å². The summed E-state index contributed by atoms with van der Waals surface area (Å²) >= 11 is 0. The summed E-state index contributed by atoms with van der Waals surface area (Å²) in [6, 6.07) is 3.04. The van der Waals surface area contributed by atoms with Crippen molar-refractivity contribution < 1.29 is 28.6 Å². The zero-order valence-electron chi connectivity index (χ0n) is 13.3. The van der Waals surface area contributed by atoms with Crippen LogP contribution in [0.4, 0.5) is 4.39 Å². The normalized spacial score (nSPS) is 12.2. The number of ketones is 1. The van der Waals surface area contributed by atoms with Crippen LogP contribution in [0.1, 0.15) is 23.8 Å². The minimum Gasteiger partial charge on any atom is -0.493 e. The van der Waals surface area contributed by atoms with Gasteiger partial charge in [0.05, 0.1) is 25.7 Å². The van der Waals surface area contributed by atoms with E-state index in [1.165, 1.54) is 31.8 Å². The lowest BCUT2D eigenvalue weighted by atomic mass is 10.0. The summed E-state index contributed by atoms with van der Waals surface area (Å²) < 4.78 is 26.4. The second kappa shape index (κ2) is 6.28. The number of nitrogens with zero attached hydrogens (tertiary/aromatic N) is 1. The molecule has 6 nitrogen and oxygen atoms in total. The molecule has 124 valence electrons. The zero-order chi connectivity index (χ0) is 17.3. The van der Waals surface area contributed by atoms with Gasteiger partial charge in [-0.2, -0.15) is 0 Å². The number of aliphatic carboxylic acids is 1.